The number of aromatic nitrogens is 2. The molecule has 16 heavy (non-hydrogen) atoms. The van der Waals surface area contributed by atoms with Gasteiger partial charge in [0.05, 0.1) is 0 Å². The minimum absolute atomic E-state index is 0.208. The molecule has 82 valence electrons. The average molecular weight is 234 g/mol. The van der Waals surface area contributed by atoms with E-state index < -0.39 is 0 Å². The van der Waals surface area contributed by atoms with Crippen molar-refractivity contribution in [3.8, 4) is 0 Å². The van der Waals surface area contributed by atoms with Crippen molar-refractivity contribution in [3.63, 3.8) is 0 Å². The van der Waals surface area contributed by atoms with E-state index in [-0.39, 0.29) is 5.91 Å². The summed E-state index contributed by atoms with van der Waals surface area (Å²) in [5.74, 6) is -0.208. The molecule has 2 N–H and O–H groups in total. The van der Waals surface area contributed by atoms with Crippen LogP contribution in [0.4, 0.5) is 10.8 Å². The number of nitrogens with zero attached hydrogens (tertiary/aromatic N) is 3. The molecule has 0 saturated carbocycles. The number of hydrogen-bond donors (Lipinski definition) is 1. The molecule has 0 bridgehead atoms. The first-order valence-electron chi connectivity index (χ1n) is 4.60. The topological polar surface area (TPSA) is 72.1 Å². The van der Waals surface area contributed by atoms with Gasteiger partial charge >= 0.3 is 0 Å². The van der Waals surface area contributed by atoms with Crippen LogP contribution < -0.4 is 10.6 Å². The summed E-state index contributed by atoms with van der Waals surface area (Å²) >= 11 is 1.08. The second kappa shape index (κ2) is 4.28. The molecule has 0 aliphatic carbocycles. The average Bonchev–Trinajstić information content (AvgIpc) is 2.75. The van der Waals surface area contributed by atoms with Crippen molar-refractivity contribution in [2.75, 3.05) is 17.7 Å². The monoisotopic (exact) mass is 234 g/mol. The molecule has 0 aliphatic heterocycles. The highest BCUT2D eigenvalue weighted by molar-refractivity contribution is 7.17. The van der Waals surface area contributed by atoms with Gasteiger partial charge in [-0.25, -0.2) is 0 Å². The second-order valence-corrected chi connectivity index (χ2v) is 4.15. The van der Waals surface area contributed by atoms with Gasteiger partial charge in [0.25, 0.3) is 5.91 Å². The molecule has 0 unspecified atom stereocenters. The number of anilines is 2. The van der Waals surface area contributed by atoms with Crippen LogP contribution in [0.5, 0.6) is 0 Å². The number of hydrogen-bond acceptors (Lipinski definition) is 5. The van der Waals surface area contributed by atoms with Crippen molar-refractivity contribution < 1.29 is 4.79 Å². The number of nitrogen functional groups attached to an aromatic ring is 1. The molecule has 0 radical (unpaired) electrons. The first-order chi connectivity index (χ1) is 7.68. The van der Waals surface area contributed by atoms with E-state index in [0.717, 1.165) is 17.0 Å². The van der Waals surface area contributed by atoms with Gasteiger partial charge in [-0.05, 0) is 12.1 Å². The zero-order valence-electron chi connectivity index (χ0n) is 8.62. The predicted octanol–water partition coefficient (Wildman–Crippen LogP) is 1.40. The molecule has 0 aliphatic rings. The lowest BCUT2D eigenvalue weighted by Gasteiger charge is -2.14. The van der Waals surface area contributed by atoms with E-state index in [4.69, 9.17) is 5.73 Å². The largest absolute Gasteiger partial charge is 0.374 e. The Morgan fingerprint density at radius 1 is 1.31 bits per heavy atom. The van der Waals surface area contributed by atoms with Gasteiger partial charge in [0, 0.05) is 12.7 Å². The van der Waals surface area contributed by atoms with Gasteiger partial charge in [-0.15, -0.1) is 10.2 Å². The predicted molar refractivity (Wildman–Crippen MR) is 63.5 cm³/mol. The SMILES string of the molecule is CN(C(=O)c1nnc(N)s1)c1ccccc1. The van der Waals surface area contributed by atoms with Crippen LogP contribution in [0.1, 0.15) is 9.80 Å². The summed E-state index contributed by atoms with van der Waals surface area (Å²) < 4.78 is 0. The highest BCUT2D eigenvalue weighted by atomic mass is 32.1. The summed E-state index contributed by atoms with van der Waals surface area (Å²) in [6.07, 6.45) is 0. The van der Waals surface area contributed by atoms with E-state index in [1.807, 2.05) is 30.3 Å². The lowest BCUT2D eigenvalue weighted by molar-refractivity contribution is 0.0992. The zero-order valence-corrected chi connectivity index (χ0v) is 9.44. The quantitative estimate of drug-likeness (QED) is 0.852. The van der Waals surface area contributed by atoms with Crippen molar-refractivity contribution in [2.24, 2.45) is 0 Å². The molecule has 0 atom stereocenters. The van der Waals surface area contributed by atoms with E-state index >= 15 is 0 Å². The Balaban J connectivity index is 2.23. The normalized spacial score (nSPS) is 10.1. The Bertz CT molecular complexity index is 497. The van der Waals surface area contributed by atoms with Gasteiger partial charge in [0.2, 0.25) is 10.1 Å². The number of carbonyl (C=O) groups excluding carboxylic acids is 1. The van der Waals surface area contributed by atoms with Gasteiger partial charge in [-0.2, -0.15) is 0 Å². The molecular formula is C10H10N4OS. The van der Waals surface area contributed by atoms with Crippen molar-refractivity contribution in [1.29, 1.82) is 0 Å². The zero-order chi connectivity index (χ0) is 11.5. The third kappa shape index (κ3) is 2.01. The summed E-state index contributed by atoms with van der Waals surface area (Å²) in [7, 11) is 1.69. The number of rotatable bonds is 2. The fraction of sp³-hybridized carbons (Fsp3) is 0.100. The molecule has 1 heterocycles. The van der Waals surface area contributed by atoms with E-state index in [0.29, 0.717) is 10.1 Å². The minimum atomic E-state index is -0.208. The maximum Gasteiger partial charge on any atom is 0.289 e. The number of para-hydroxylation sites is 1. The summed E-state index contributed by atoms with van der Waals surface area (Å²) in [5.41, 5.74) is 6.24. The summed E-state index contributed by atoms with van der Waals surface area (Å²) in [6, 6.07) is 9.33. The number of carbonyl (C=O) groups is 1. The molecule has 5 nitrogen and oxygen atoms in total. The first kappa shape index (κ1) is 10.6. The van der Waals surface area contributed by atoms with Crippen LogP contribution in [-0.4, -0.2) is 23.2 Å². The second-order valence-electron chi connectivity index (χ2n) is 3.15. The van der Waals surface area contributed by atoms with Crippen LogP contribution in [0.15, 0.2) is 30.3 Å². The number of amides is 1. The fourth-order valence-corrected chi connectivity index (χ4v) is 1.82. The highest BCUT2D eigenvalue weighted by Crippen LogP contribution is 2.17. The van der Waals surface area contributed by atoms with Gasteiger partial charge < -0.3 is 10.6 Å². The summed E-state index contributed by atoms with van der Waals surface area (Å²) in [5, 5.41) is 7.92. The summed E-state index contributed by atoms with van der Waals surface area (Å²) in [6.45, 7) is 0. The summed E-state index contributed by atoms with van der Waals surface area (Å²) in [4.78, 5) is 13.5. The van der Waals surface area contributed by atoms with Gasteiger partial charge in [0.15, 0.2) is 0 Å². The van der Waals surface area contributed by atoms with E-state index in [9.17, 15) is 4.79 Å². The fourth-order valence-electron chi connectivity index (χ4n) is 1.23. The van der Waals surface area contributed by atoms with E-state index in [1.54, 1.807) is 7.05 Å². The molecule has 0 fully saturated rings. The van der Waals surface area contributed by atoms with Crippen molar-refractivity contribution in [3.05, 3.63) is 35.3 Å². The molecule has 1 aromatic carbocycles. The Kier molecular flexibility index (Phi) is 2.82. The van der Waals surface area contributed by atoms with E-state index in [1.165, 1.54) is 4.90 Å². The Labute approximate surface area is 96.5 Å². The Morgan fingerprint density at radius 3 is 2.56 bits per heavy atom. The van der Waals surface area contributed by atoms with Crippen LogP contribution in [0, 0.1) is 0 Å². The maximum absolute atomic E-state index is 11.9. The van der Waals surface area contributed by atoms with Crippen LogP contribution >= 0.6 is 11.3 Å². The lowest BCUT2D eigenvalue weighted by Crippen LogP contribution is -2.25. The molecule has 2 rings (SSSR count). The standard InChI is InChI=1S/C10H10N4OS/c1-14(7-5-3-2-4-6-7)9(15)8-12-13-10(11)16-8/h2-6H,1H3,(H2,11,13). The minimum Gasteiger partial charge on any atom is -0.374 e. The smallest absolute Gasteiger partial charge is 0.289 e. The molecule has 2 aromatic rings. The lowest BCUT2D eigenvalue weighted by atomic mass is 10.3. The van der Waals surface area contributed by atoms with E-state index in [2.05, 4.69) is 10.2 Å². The Morgan fingerprint density at radius 2 is 2.00 bits per heavy atom. The van der Waals surface area contributed by atoms with Crippen molar-refractivity contribution >= 4 is 28.1 Å². The molecule has 1 amide bonds. The van der Waals surface area contributed by atoms with Gasteiger partial charge in [0.1, 0.15) is 0 Å². The molecule has 6 heteroatoms. The molecule has 0 saturated heterocycles. The van der Waals surface area contributed by atoms with Crippen molar-refractivity contribution in [2.45, 2.75) is 0 Å². The highest BCUT2D eigenvalue weighted by Gasteiger charge is 2.17. The number of benzene rings is 1. The molecule has 0 spiro atoms. The first-order valence-corrected chi connectivity index (χ1v) is 5.42. The van der Waals surface area contributed by atoms with Gasteiger partial charge in [-0.3, -0.25) is 4.79 Å². The Hall–Kier alpha value is -1.95. The molecular weight excluding hydrogens is 224 g/mol. The van der Waals surface area contributed by atoms with Crippen LogP contribution in [-0.2, 0) is 0 Å². The third-order valence-electron chi connectivity index (χ3n) is 2.07. The van der Waals surface area contributed by atoms with Gasteiger partial charge in [-0.1, -0.05) is 29.5 Å². The van der Waals surface area contributed by atoms with Crippen molar-refractivity contribution in [1.82, 2.24) is 10.2 Å². The molecule has 1 aromatic heterocycles. The van der Waals surface area contributed by atoms with Crippen LogP contribution in [0.25, 0.3) is 0 Å². The third-order valence-corrected chi connectivity index (χ3v) is 2.81. The maximum atomic E-state index is 11.9. The van der Waals surface area contributed by atoms with Crippen LogP contribution in [0.2, 0.25) is 0 Å². The van der Waals surface area contributed by atoms with Crippen LogP contribution in [0.3, 0.4) is 0 Å². The number of nitrogens with two attached hydrogens (primary N) is 1.